The molecule has 0 saturated carbocycles. The summed E-state index contributed by atoms with van der Waals surface area (Å²) in [6.07, 6.45) is 2.74. The van der Waals surface area contributed by atoms with Gasteiger partial charge in [-0.05, 0) is 31.0 Å². The van der Waals surface area contributed by atoms with Crippen molar-refractivity contribution in [2.45, 2.75) is 26.8 Å². The van der Waals surface area contributed by atoms with Crippen LogP contribution in [0.3, 0.4) is 0 Å². The standard InChI is InChI=1S/C20H21N5O4/c1-5-13-6-8-14(9-7-13)25-12(2)10-23-16-17(21-19(23)25)22(3)20(28)24(18(16)27)11-15(26)29-4/h6-10H,5,11H2,1-4H3. The van der Waals surface area contributed by atoms with Gasteiger partial charge in [0.2, 0.25) is 5.78 Å². The molecule has 0 spiro atoms. The van der Waals surface area contributed by atoms with Gasteiger partial charge in [0.15, 0.2) is 11.2 Å². The molecule has 0 bridgehead atoms. The van der Waals surface area contributed by atoms with Crippen LogP contribution >= 0.6 is 0 Å². The number of hydrogen-bond donors (Lipinski definition) is 0. The van der Waals surface area contributed by atoms with Gasteiger partial charge in [-0.1, -0.05) is 19.1 Å². The summed E-state index contributed by atoms with van der Waals surface area (Å²) in [7, 11) is 2.73. The third-order valence-corrected chi connectivity index (χ3v) is 5.14. The van der Waals surface area contributed by atoms with E-state index in [4.69, 9.17) is 0 Å². The molecule has 0 amide bonds. The highest BCUT2D eigenvalue weighted by Gasteiger charge is 2.21. The average molecular weight is 395 g/mol. The smallest absolute Gasteiger partial charge is 0.333 e. The van der Waals surface area contributed by atoms with Crippen molar-refractivity contribution in [3.63, 3.8) is 0 Å². The van der Waals surface area contributed by atoms with E-state index in [2.05, 4.69) is 16.6 Å². The lowest BCUT2D eigenvalue weighted by Gasteiger charge is -2.07. The van der Waals surface area contributed by atoms with Crippen LogP contribution in [0.25, 0.3) is 22.6 Å². The molecule has 0 N–H and O–H groups in total. The number of imidazole rings is 2. The highest BCUT2D eigenvalue weighted by molar-refractivity contribution is 5.77. The Balaban J connectivity index is 2.03. The first kappa shape index (κ1) is 18.7. The number of hydrogen-bond acceptors (Lipinski definition) is 5. The van der Waals surface area contributed by atoms with Crippen molar-refractivity contribution < 1.29 is 9.53 Å². The number of carbonyl (C=O) groups excluding carboxylic acids is 1. The summed E-state index contributed by atoms with van der Waals surface area (Å²) in [5.74, 6) is -0.154. The lowest BCUT2D eigenvalue weighted by Crippen LogP contribution is -2.41. The molecule has 0 radical (unpaired) electrons. The van der Waals surface area contributed by atoms with Crippen LogP contribution in [0, 0.1) is 6.92 Å². The molecule has 0 aliphatic rings. The van der Waals surface area contributed by atoms with Gasteiger partial charge >= 0.3 is 11.7 Å². The number of ether oxygens (including phenoxy) is 1. The summed E-state index contributed by atoms with van der Waals surface area (Å²) < 4.78 is 10.3. The molecule has 0 unspecified atom stereocenters. The maximum atomic E-state index is 13.0. The normalized spacial score (nSPS) is 11.4. The minimum atomic E-state index is -0.672. The fourth-order valence-corrected chi connectivity index (χ4v) is 3.54. The summed E-state index contributed by atoms with van der Waals surface area (Å²) in [4.78, 5) is 41.9. The average Bonchev–Trinajstić information content (AvgIpc) is 3.24. The molecule has 0 saturated heterocycles. The molecule has 4 aromatic rings. The zero-order valence-corrected chi connectivity index (χ0v) is 16.7. The molecule has 29 heavy (non-hydrogen) atoms. The fraction of sp³-hybridized carbons (Fsp3) is 0.300. The van der Waals surface area contributed by atoms with E-state index >= 15 is 0 Å². The van der Waals surface area contributed by atoms with Crippen molar-refractivity contribution in [2.75, 3.05) is 7.11 Å². The second-order valence-electron chi connectivity index (χ2n) is 6.89. The minimum Gasteiger partial charge on any atom is -0.468 e. The predicted molar refractivity (Wildman–Crippen MR) is 108 cm³/mol. The number of fused-ring (bicyclic) bond motifs is 3. The zero-order chi connectivity index (χ0) is 20.9. The van der Waals surface area contributed by atoms with Gasteiger partial charge in [0, 0.05) is 24.6 Å². The molecule has 9 heteroatoms. The molecule has 1 aromatic carbocycles. The molecule has 150 valence electrons. The number of benzene rings is 1. The topological polar surface area (TPSA) is 92.5 Å². The van der Waals surface area contributed by atoms with Gasteiger partial charge in [0.05, 0.1) is 7.11 Å². The Labute approximate surface area is 165 Å². The van der Waals surface area contributed by atoms with E-state index in [1.165, 1.54) is 24.3 Å². The van der Waals surface area contributed by atoms with Crippen LogP contribution in [-0.2, 0) is 29.5 Å². The third kappa shape index (κ3) is 2.77. The summed E-state index contributed by atoms with van der Waals surface area (Å²) in [5, 5.41) is 0. The first-order chi connectivity index (χ1) is 13.9. The minimum absolute atomic E-state index is 0.234. The summed E-state index contributed by atoms with van der Waals surface area (Å²) in [6, 6.07) is 8.10. The van der Waals surface area contributed by atoms with Gasteiger partial charge in [-0.25, -0.2) is 9.36 Å². The van der Waals surface area contributed by atoms with E-state index in [1.807, 2.05) is 35.8 Å². The Morgan fingerprint density at radius 1 is 1.17 bits per heavy atom. The molecule has 3 heterocycles. The highest BCUT2D eigenvalue weighted by atomic mass is 16.5. The maximum Gasteiger partial charge on any atom is 0.333 e. The van der Waals surface area contributed by atoms with E-state index < -0.39 is 23.8 Å². The van der Waals surface area contributed by atoms with Crippen molar-refractivity contribution >= 4 is 22.9 Å². The van der Waals surface area contributed by atoms with Crippen molar-refractivity contribution in [2.24, 2.45) is 7.05 Å². The van der Waals surface area contributed by atoms with E-state index in [1.54, 1.807) is 10.6 Å². The lowest BCUT2D eigenvalue weighted by atomic mass is 10.1. The molecule has 0 fully saturated rings. The van der Waals surface area contributed by atoms with Crippen LogP contribution in [-0.4, -0.2) is 36.2 Å². The fourth-order valence-electron chi connectivity index (χ4n) is 3.54. The molecule has 0 atom stereocenters. The SMILES string of the molecule is CCc1ccc(-n2c(C)cn3c4c(=O)n(CC(=O)OC)c(=O)n(C)c4nc23)cc1. The van der Waals surface area contributed by atoms with Crippen molar-refractivity contribution in [3.05, 3.63) is 62.6 Å². The molecular formula is C20H21N5O4. The third-order valence-electron chi connectivity index (χ3n) is 5.14. The maximum absolute atomic E-state index is 13.0. The number of methoxy groups -OCH3 is 1. The van der Waals surface area contributed by atoms with Gasteiger partial charge < -0.3 is 4.74 Å². The number of aromatic nitrogens is 5. The predicted octanol–water partition coefficient (Wildman–Crippen LogP) is 1.18. The van der Waals surface area contributed by atoms with E-state index in [-0.39, 0.29) is 11.2 Å². The van der Waals surface area contributed by atoms with Gasteiger partial charge in [0.25, 0.3) is 5.56 Å². The first-order valence-electron chi connectivity index (χ1n) is 9.23. The van der Waals surface area contributed by atoms with Crippen LogP contribution in [0.4, 0.5) is 0 Å². The van der Waals surface area contributed by atoms with Crippen LogP contribution in [0.5, 0.6) is 0 Å². The number of nitrogens with zero attached hydrogens (tertiary/aromatic N) is 5. The van der Waals surface area contributed by atoms with Gasteiger partial charge in [0.1, 0.15) is 6.54 Å². The van der Waals surface area contributed by atoms with E-state index in [9.17, 15) is 14.4 Å². The molecule has 0 aliphatic carbocycles. The van der Waals surface area contributed by atoms with Crippen LogP contribution in [0.2, 0.25) is 0 Å². The van der Waals surface area contributed by atoms with E-state index in [0.29, 0.717) is 5.78 Å². The van der Waals surface area contributed by atoms with Crippen molar-refractivity contribution in [1.82, 2.24) is 23.1 Å². The molecule has 0 aliphatic heterocycles. The zero-order valence-electron chi connectivity index (χ0n) is 16.7. The van der Waals surface area contributed by atoms with Crippen molar-refractivity contribution in [1.29, 1.82) is 0 Å². The van der Waals surface area contributed by atoms with Crippen LogP contribution in [0.1, 0.15) is 18.2 Å². The number of carbonyl (C=O) groups is 1. The monoisotopic (exact) mass is 395 g/mol. The molecule has 4 rings (SSSR count). The summed E-state index contributed by atoms with van der Waals surface area (Å²) >= 11 is 0. The molecule has 9 nitrogen and oxygen atoms in total. The Bertz CT molecular complexity index is 1370. The van der Waals surface area contributed by atoms with E-state index in [0.717, 1.165) is 22.4 Å². The Kier molecular flexibility index (Phi) is 4.37. The molecule has 3 aromatic heterocycles. The first-order valence-corrected chi connectivity index (χ1v) is 9.23. The van der Waals surface area contributed by atoms with Crippen molar-refractivity contribution in [3.8, 4) is 5.69 Å². The number of aryl methyl sites for hydroxylation is 3. The van der Waals surface area contributed by atoms with Gasteiger partial charge in [-0.15, -0.1) is 0 Å². The number of rotatable bonds is 4. The van der Waals surface area contributed by atoms with Gasteiger partial charge in [-0.2, -0.15) is 4.98 Å². The number of esters is 1. The van der Waals surface area contributed by atoms with Crippen LogP contribution in [0.15, 0.2) is 40.1 Å². The summed E-state index contributed by atoms with van der Waals surface area (Å²) in [5.41, 5.74) is 2.30. The van der Waals surface area contributed by atoms with Gasteiger partial charge in [-0.3, -0.25) is 23.1 Å². The second kappa shape index (κ2) is 6.77. The quantitative estimate of drug-likeness (QED) is 0.484. The largest absolute Gasteiger partial charge is 0.468 e. The van der Waals surface area contributed by atoms with Crippen LogP contribution < -0.4 is 11.2 Å². The Morgan fingerprint density at radius 2 is 1.86 bits per heavy atom. The Morgan fingerprint density at radius 3 is 2.48 bits per heavy atom. The lowest BCUT2D eigenvalue weighted by molar-refractivity contribution is -0.141. The highest BCUT2D eigenvalue weighted by Crippen LogP contribution is 2.21. The molecular weight excluding hydrogens is 374 g/mol. The summed E-state index contributed by atoms with van der Waals surface area (Å²) in [6.45, 7) is 3.56. The second-order valence-corrected chi connectivity index (χ2v) is 6.89. The Hall–Kier alpha value is -3.62.